The molecule has 0 spiro atoms. The minimum atomic E-state index is 0.349. The molecule has 0 aliphatic heterocycles. The average Bonchev–Trinajstić information content (AvgIpc) is 3.07. The van der Waals surface area contributed by atoms with Gasteiger partial charge in [-0.1, -0.05) is 0 Å². The van der Waals surface area contributed by atoms with Crippen molar-refractivity contribution < 1.29 is 0 Å². The van der Waals surface area contributed by atoms with Crippen LogP contribution in [0, 0.1) is 11.3 Å². The number of rotatable bonds is 4. The summed E-state index contributed by atoms with van der Waals surface area (Å²) in [5.74, 6) is 1.17. The van der Waals surface area contributed by atoms with Gasteiger partial charge >= 0.3 is 0 Å². The molecular weight excluding hydrogens is 286 g/mol. The van der Waals surface area contributed by atoms with Gasteiger partial charge in [0.05, 0.1) is 28.5 Å². The molecule has 5 nitrogen and oxygen atoms in total. The predicted octanol–water partition coefficient (Wildman–Crippen LogP) is 2.62. The van der Waals surface area contributed by atoms with E-state index in [0.29, 0.717) is 11.4 Å². The SMILES string of the molecule is Cn1nccc1CCn1c(CCl)nc2ccc(C#N)cc21. The van der Waals surface area contributed by atoms with E-state index in [9.17, 15) is 0 Å². The summed E-state index contributed by atoms with van der Waals surface area (Å²) in [6, 6.07) is 9.67. The highest BCUT2D eigenvalue weighted by molar-refractivity contribution is 6.16. The molecule has 0 saturated carbocycles. The molecule has 6 heteroatoms. The first-order valence-electron chi connectivity index (χ1n) is 6.65. The second-order valence-corrected chi connectivity index (χ2v) is 5.09. The molecule has 0 aliphatic carbocycles. The highest BCUT2D eigenvalue weighted by Gasteiger charge is 2.11. The van der Waals surface area contributed by atoms with E-state index in [4.69, 9.17) is 16.9 Å². The maximum atomic E-state index is 9.05. The van der Waals surface area contributed by atoms with E-state index >= 15 is 0 Å². The van der Waals surface area contributed by atoms with Crippen LogP contribution in [0.4, 0.5) is 0 Å². The third-order valence-electron chi connectivity index (χ3n) is 3.59. The van der Waals surface area contributed by atoms with Gasteiger partial charge in [-0.2, -0.15) is 10.4 Å². The number of hydrogen-bond donors (Lipinski definition) is 0. The largest absolute Gasteiger partial charge is 0.327 e. The fourth-order valence-corrected chi connectivity index (χ4v) is 2.67. The van der Waals surface area contributed by atoms with Crippen molar-refractivity contribution >= 4 is 22.6 Å². The Morgan fingerprint density at radius 2 is 2.19 bits per heavy atom. The van der Waals surface area contributed by atoms with Gasteiger partial charge in [-0.15, -0.1) is 11.6 Å². The molecule has 3 rings (SSSR count). The van der Waals surface area contributed by atoms with Crippen LogP contribution >= 0.6 is 11.6 Å². The van der Waals surface area contributed by atoms with Crippen molar-refractivity contribution in [3.05, 3.63) is 47.5 Å². The van der Waals surface area contributed by atoms with Gasteiger partial charge in [-0.3, -0.25) is 4.68 Å². The van der Waals surface area contributed by atoms with Crippen molar-refractivity contribution in [2.45, 2.75) is 18.8 Å². The van der Waals surface area contributed by atoms with E-state index < -0.39 is 0 Å². The van der Waals surface area contributed by atoms with Crippen molar-refractivity contribution in [3.8, 4) is 6.07 Å². The highest BCUT2D eigenvalue weighted by atomic mass is 35.5. The van der Waals surface area contributed by atoms with E-state index in [1.807, 2.05) is 29.9 Å². The van der Waals surface area contributed by atoms with Gasteiger partial charge in [0.15, 0.2) is 0 Å². The summed E-state index contributed by atoms with van der Waals surface area (Å²) in [5.41, 5.74) is 3.60. The summed E-state index contributed by atoms with van der Waals surface area (Å²) < 4.78 is 3.94. The van der Waals surface area contributed by atoms with Crippen LogP contribution < -0.4 is 0 Å². The average molecular weight is 300 g/mol. The van der Waals surface area contributed by atoms with Crippen LogP contribution in [-0.2, 0) is 25.9 Å². The molecule has 0 bridgehead atoms. The molecule has 1 aromatic carbocycles. The molecule has 0 N–H and O–H groups in total. The van der Waals surface area contributed by atoms with Crippen LogP contribution in [0.1, 0.15) is 17.1 Å². The van der Waals surface area contributed by atoms with Gasteiger partial charge in [-0.25, -0.2) is 4.98 Å². The van der Waals surface area contributed by atoms with E-state index in [1.54, 1.807) is 12.3 Å². The lowest BCUT2D eigenvalue weighted by Gasteiger charge is -2.08. The van der Waals surface area contributed by atoms with Crippen LogP contribution in [0.15, 0.2) is 30.5 Å². The van der Waals surface area contributed by atoms with Gasteiger partial charge in [0.2, 0.25) is 0 Å². The molecule has 0 aliphatic rings. The van der Waals surface area contributed by atoms with Gasteiger partial charge in [0.25, 0.3) is 0 Å². The molecule has 21 heavy (non-hydrogen) atoms. The molecular formula is C15H14ClN5. The third-order valence-corrected chi connectivity index (χ3v) is 3.83. The zero-order chi connectivity index (χ0) is 14.8. The molecule has 2 heterocycles. The molecule has 106 valence electrons. The Labute approximate surface area is 127 Å². The quantitative estimate of drug-likeness (QED) is 0.696. The number of aryl methyl sites for hydroxylation is 3. The normalized spacial score (nSPS) is 10.9. The van der Waals surface area contributed by atoms with Crippen molar-refractivity contribution in [3.63, 3.8) is 0 Å². The maximum Gasteiger partial charge on any atom is 0.124 e. The van der Waals surface area contributed by atoms with Gasteiger partial charge in [0.1, 0.15) is 5.82 Å². The van der Waals surface area contributed by atoms with Crippen LogP contribution in [0.25, 0.3) is 11.0 Å². The number of nitrogens with zero attached hydrogens (tertiary/aromatic N) is 5. The molecule has 0 saturated heterocycles. The molecule has 0 fully saturated rings. The molecule has 0 unspecified atom stereocenters. The van der Waals surface area contributed by atoms with Gasteiger partial charge in [0, 0.05) is 31.9 Å². The van der Waals surface area contributed by atoms with E-state index in [1.165, 1.54) is 0 Å². The predicted molar refractivity (Wildman–Crippen MR) is 80.9 cm³/mol. The summed E-state index contributed by atoms with van der Waals surface area (Å²) in [6.45, 7) is 0.757. The lowest BCUT2D eigenvalue weighted by atomic mass is 10.2. The molecule has 0 atom stereocenters. The van der Waals surface area contributed by atoms with Crippen molar-refractivity contribution in [1.82, 2.24) is 19.3 Å². The molecule has 3 aromatic rings. The standard InChI is InChI=1S/C15H14ClN5/c1-20-12(4-6-18-20)5-7-21-14-8-11(10-17)2-3-13(14)19-15(21)9-16/h2-4,6,8H,5,7,9H2,1H3. The van der Waals surface area contributed by atoms with Crippen LogP contribution in [0.5, 0.6) is 0 Å². The number of benzene rings is 1. The second-order valence-electron chi connectivity index (χ2n) is 4.82. The van der Waals surface area contributed by atoms with Gasteiger partial charge in [-0.05, 0) is 24.3 Å². The summed E-state index contributed by atoms with van der Waals surface area (Å²) in [5, 5.41) is 13.2. The third kappa shape index (κ3) is 2.50. The number of halogens is 1. The van der Waals surface area contributed by atoms with E-state index in [-0.39, 0.29) is 0 Å². The zero-order valence-corrected chi connectivity index (χ0v) is 12.4. The molecule has 0 radical (unpaired) electrons. The van der Waals surface area contributed by atoms with Crippen molar-refractivity contribution in [2.75, 3.05) is 0 Å². The number of aromatic nitrogens is 4. The van der Waals surface area contributed by atoms with E-state index in [2.05, 4.69) is 20.7 Å². The Morgan fingerprint density at radius 1 is 1.33 bits per heavy atom. The van der Waals surface area contributed by atoms with Crippen LogP contribution in [-0.4, -0.2) is 19.3 Å². The zero-order valence-electron chi connectivity index (χ0n) is 11.6. The minimum Gasteiger partial charge on any atom is -0.327 e. The number of nitriles is 1. The van der Waals surface area contributed by atoms with Crippen LogP contribution in [0.2, 0.25) is 0 Å². The van der Waals surface area contributed by atoms with Crippen molar-refractivity contribution in [2.24, 2.45) is 7.05 Å². The molecule has 0 amide bonds. The first-order valence-corrected chi connectivity index (χ1v) is 7.18. The smallest absolute Gasteiger partial charge is 0.124 e. The number of fused-ring (bicyclic) bond motifs is 1. The molecule has 2 aromatic heterocycles. The Bertz CT molecular complexity index is 824. The Kier molecular flexibility index (Phi) is 3.63. The van der Waals surface area contributed by atoms with Crippen molar-refractivity contribution in [1.29, 1.82) is 5.26 Å². The summed E-state index contributed by atoms with van der Waals surface area (Å²) in [6.07, 6.45) is 2.63. The monoisotopic (exact) mass is 299 g/mol. The number of hydrogen-bond acceptors (Lipinski definition) is 3. The minimum absolute atomic E-state index is 0.349. The first-order chi connectivity index (χ1) is 10.2. The Balaban J connectivity index is 1.99. The fraction of sp³-hybridized carbons (Fsp3) is 0.267. The lowest BCUT2D eigenvalue weighted by molar-refractivity contribution is 0.634. The summed E-state index contributed by atoms with van der Waals surface area (Å²) in [7, 11) is 1.93. The second kappa shape index (κ2) is 5.58. The Morgan fingerprint density at radius 3 is 2.86 bits per heavy atom. The fourth-order valence-electron chi connectivity index (χ4n) is 2.47. The first kappa shape index (κ1) is 13.7. The Hall–Kier alpha value is -2.32. The lowest BCUT2D eigenvalue weighted by Crippen LogP contribution is -2.08. The van der Waals surface area contributed by atoms with Crippen LogP contribution in [0.3, 0.4) is 0 Å². The number of imidazole rings is 1. The summed E-state index contributed by atoms with van der Waals surface area (Å²) in [4.78, 5) is 4.53. The highest BCUT2D eigenvalue weighted by Crippen LogP contribution is 2.20. The number of alkyl halides is 1. The van der Waals surface area contributed by atoms with Gasteiger partial charge < -0.3 is 4.57 Å². The van der Waals surface area contributed by atoms with E-state index in [0.717, 1.165) is 35.5 Å². The summed E-state index contributed by atoms with van der Waals surface area (Å²) >= 11 is 6.00. The maximum absolute atomic E-state index is 9.05. The topological polar surface area (TPSA) is 59.4 Å².